The molecule has 2 aromatic rings. The fourth-order valence-corrected chi connectivity index (χ4v) is 5.27. The van der Waals surface area contributed by atoms with E-state index in [-0.39, 0.29) is 23.8 Å². The Morgan fingerprint density at radius 1 is 1.05 bits per heavy atom. The van der Waals surface area contributed by atoms with Gasteiger partial charge in [0.25, 0.3) is 0 Å². The first kappa shape index (κ1) is 32.3. The third-order valence-electron chi connectivity index (χ3n) is 6.14. The highest BCUT2D eigenvalue weighted by Gasteiger charge is 2.26. The van der Waals surface area contributed by atoms with E-state index < -0.39 is 33.9 Å². The van der Waals surface area contributed by atoms with Gasteiger partial charge in [-0.3, -0.25) is 4.79 Å². The molecule has 0 spiro atoms. The van der Waals surface area contributed by atoms with Gasteiger partial charge in [-0.1, -0.05) is 25.1 Å². The van der Waals surface area contributed by atoms with Crippen molar-refractivity contribution >= 4 is 40.1 Å². The summed E-state index contributed by atoms with van der Waals surface area (Å²) in [5.41, 5.74) is 2.60. The van der Waals surface area contributed by atoms with Gasteiger partial charge >= 0.3 is 13.2 Å². The second kappa shape index (κ2) is 13.5. The number of rotatable bonds is 11. The van der Waals surface area contributed by atoms with Gasteiger partial charge in [0.1, 0.15) is 5.60 Å². The number of carbonyl (C=O) groups excluding carboxylic acids is 2. The van der Waals surface area contributed by atoms with E-state index in [1.807, 2.05) is 13.0 Å². The fourth-order valence-electron chi connectivity index (χ4n) is 4.01. The smallest absolute Gasteiger partial charge is 0.444 e. The Morgan fingerprint density at radius 2 is 1.72 bits per heavy atom. The zero-order chi connectivity index (χ0) is 29.5. The predicted octanol–water partition coefficient (Wildman–Crippen LogP) is 3.44. The SMILES string of the molecule is CCc1cc(B(O)O)ccc1CCCC(=O)Nc1ccc(S(=O)(=O)C(C)C)c(CN(C)C(=O)OC(C)(C)C)c1. The second-order valence-electron chi connectivity index (χ2n) is 10.9. The molecule has 214 valence electrons. The number of amides is 2. The number of aryl methyl sites for hydroxylation is 2. The molecule has 9 nitrogen and oxygen atoms in total. The van der Waals surface area contributed by atoms with Crippen LogP contribution in [0.5, 0.6) is 0 Å². The van der Waals surface area contributed by atoms with Crippen LogP contribution in [0.1, 0.15) is 71.1 Å². The van der Waals surface area contributed by atoms with Gasteiger partial charge in [-0.25, -0.2) is 13.2 Å². The maximum absolute atomic E-state index is 13.0. The standard InChI is InChI=1S/C28H41BN2O7S/c1-8-20-16-23(29(34)35)13-12-21(20)10-9-11-26(32)30-24-14-15-25(39(36,37)19(2)3)22(17-24)18-31(7)27(33)38-28(4,5)6/h12-17,19,34-35H,8-11,18H2,1-7H3,(H,30,32). The Balaban J connectivity index is 2.16. The number of nitrogens with one attached hydrogen (secondary N) is 1. The Labute approximate surface area is 232 Å². The van der Waals surface area contributed by atoms with Crippen LogP contribution < -0.4 is 10.8 Å². The molecule has 0 radical (unpaired) electrons. The third kappa shape index (κ3) is 9.37. The van der Waals surface area contributed by atoms with Gasteiger partial charge in [-0.15, -0.1) is 0 Å². The minimum absolute atomic E-state index is 0.0156. The van der Waals surface area contributed by atoms with Crippen molar-refractivity contribution in [2.45, 2.75) is 89.5 Å². The molecule has 0 fully saturated rings. The highest BCUT2D eigenvalue weighted by molar-refractivity contribution is 7.92. The average Bonchev–Trinajstić information content (AvgIpc) is 2.82. The molecular formula is C28H41BN2O7S. The molecule has 39 heavy (non-hydrogen) atoms. The summed E-state index contributed by atoms with van der Waals surface area (Å²) in [6, 6.07) is 9.89. The van der Waals surface area contributed by atoms with E-state index in [1.54, 1.807) is 58.9 Å². The minimum atomic E-state index is -3.64. The van der Waals surface area contributed by atoms with Gasteiger partial charge in [0.15, 0.2) is 9.84 Å². The van der Waals surface area contributed by atoms with Crippen LogP contribution in [0.3, 0.4) is 0 Å². The van der Waals surface area contributed by atoms with Gasteiger partial charge in [0.2, 0.25) is 5.91 Å². The number of nitrogens with zero attached hydrogens (tertiary/aromatic N) is 1. The summed E-state index contributed by atoms with van der Waals surface area (Å²) in [5.74, 6) is -0.221. The Morgan fingerprint density at radius 3 is 2.28 bits per heavy atom. The van der Waals surface area contributed by atoms with Crippen LogP contribution in [-0.2, 0) is 38.8 Å². The third-order valence-corrected chi connectivity index (χ3v) is 8.40. The normalized spacial score (nSPS) is 11.8. The number of ether oxygens (including phenoxy) is 1. The summed E-state index contributed by atoms with van der Waals surface area (Å²) in [5, 5.41) is 21.0. The monoisotopic (exact) mass is 560 g/mol. The lowest BCUT2D eigenvalue weighted by Crippen LogP contribution is -2.34. The topological polar surface area (TPSA) is 133 Å². The van der Waals surface area contributed by atoms with Crippen LogP contribution >= 0.6 is 0 Å². The molecule has 0 aromatic heterocycles. The molecule has 2 amide bonds. The second-order valence-corrected chi connectivity index (χ2v) is 13.4. The van der Waals surface area contributed by atoms with E-state index >= 15 is 0 Å². The molecule has 0 saturated carbocycles. The van der Waals surface area contributed by atoms with E-state index in [9.17, 15) is 28.1 Å². The van der Waals surface area contributed by atoms with Crippen LogP contribution in [-0.4, -0.2) is 60.4 Å². The van der Waals surface area contributed by atoms with Crippen molar-refractivity contribution in [1.29, 1.82) is 0 Å². The number of hydrogen-bond donors (Lipinski definition) is 3. The molecule has 0 bridgehead atoms. The maximum Gasteiger partial charge on any atom is 0.488 e. The van der Waals surface area contributed by atoms with Gasteiger partial charge in [-0.05, 0) is 94.2 Å². The summed E-state index contributed by atoms with van der Waals surface area (Å²) < 4.78 is 31.4. The van der Waals surface area contributed by atoms with Crippen LogP contribution in [0.25, 0.3) is 0 Å². The molecule has 0 saturated heterocycles. The van der Waals surface area contributed by atoms with Crippen molar-refractivity contribution in [1.82, 2.24) is 4.90 Å². The molecule has 0 aliphatic rings. The molecule has 0 atom stereocenters. The van der Waals surface area contributed by atoms with E-state index in [2.05, 4.69) is 5.32 Å². The molecule has 0 unspecified atom stereocenters. The van der Waals surface area contributed by atoms with E-state index in [0.29, 0.717) is 29.6 Å². The first-order valence-corrected chi connectivity index (χ1v) is 14.7. The van der Waals surface area contributed by atoms with Crippen molar-refractivity contribution in [3.63, 3.8) is 0 Å². The van der Waals surface area contributed by atoms with Crippen LogP contribution in [0.4, 0.5) is 10.5 Å². The van der Waals surface area contributed by atoms with Crippen LogP contribution in [0, 0.1) is 0 Å². The predicted molar refractivity (Wildman–Crippen MR) is 154 cm³/mol. The van der Waals surface area contributed by atoms with Crippen LogP contribution in [0.15, 0.2) is 41.3 Å². The molecule has 2 aromatic carbocycles. The Bertz CT molecular complexity index is 1270. The van der Waals surface area contributed by atoms with Crippen molar-refractivity contribution in [3.05, 3.63) is 53.1 Å². The van der Waals surface area contributed by atoms with Crippen molar-refractivity contribution in [3.8, 4) is 0 Å². The number of carbonyl (C=O) groups is 2. The molecular weight excluding hydrogens is 519 g/mol. The number of sulfone groups is 1. The number of anilines is 1. The van der Waals surface area contributed by atoms with Crippen molar-refractivity contribution < 1.29 is 32.8 Å². The molecule has 2 rings (SSSR count). The lowest BCUT2D eigenvalue weighted by atomic mass is 9.78. The summed E-state index contributed by atoms with van der Waals surface area (Å²) in [6.07, 6.45) is 1.61. The summed E-state index contributed by atoms with van der Waals surface area (Å²) in [6.45, 7) is 10.4. The molecule has 11 heteroatoms. The Kier molecular flexibility index (Phi) is 11.2. The zero-order valence-electron chi connectivity index (χ0n) is 23.9. The van der Waals surface area contributed by atoms with Gasteiger partial charge < -0.3 is 25.0 Å². The Hall–Kier alpha value is -2.89. The quantitative estimate of drug-likeness (QED) is 0.359. The first-order valence-electron chi connectivity index (χ1n) is 13.1. The van der Waals surface area contributed by atoms with E-state index in [0.717, 1.165) is 17.5 Å². The maximum atomic E-state index is 13.0. The largest absolute Gasteiger partial charge is 0.488 e. The van der Waals surface area contributed by atoms with E-state index in [1.165, 1.54) is 18.0 Å². The van der Waals surface area contributed by atoms with Crippen LogP contribution in [0.2, 0.25) is 0 Å². The zero-order valence-corrected chi connectivity index (χ0v) is 24.8. The molecule has 0 aliphatic heterocycles. The lowest BCUT2D eigenvalue weighted by Gasteiger charge is -2.25. The fraction of sp³-hybridized carbons (Fsp3) is 0.500. The lowest BCUT2D eigenvalue weighted by molar-refractivity contribution is -0.116. The van der Waals surface area contributed by atoms with Gasteiger partial charge in [-0.2, -0.15) is 0 Å². The van der Waals surface area contributed by atoms with Crippen molar-refractivity contribution in [2.75, 3.05) is 12.4 Å². The number of benzene rings is 2. The first-order chi connectivity index (χ1) is 18.0. The summed E-state index contributed by atoms with van der Waals surface area (Å²) in [7, 11) is -3.63. The van der Waals surface area contributed by atoms with Gasteiger partial charge in [0.05, 0.1) is 16.7 Å². The summed E-state index contributed by atoms with van der Waals surface area (Å²) in [4.78, 5) is 26.6. The molecule has 3 N–H and O–H groups in total. The molecule has 0 aliphatic carbocycles. The summed E-state index contributed by atoms with van der Waals surface area (Å²) >= 11 is 0. The highest BCUT2D eigenvalue weighted by Crippen LogP contribution is 2.26. The number of hydrogen-bond acceptors (Lipinski definition) is 7. The van der Waals surface area contributed by atoms with Crippen molar-refractivity contribution in [2.24, 2.45) is 0 Å². The molecule has 0 heterocycles. The van der Waals surface area contributed by atoms with Gasteiger partial charge in [0, 0.05) is 19.2 Å². The average molecular weight is 561 g/mol. The highest BCUT2D eigenvalue weighted by atomic mass is 32.2. The minimum Gasteiger partial charge on any atom is -0.444 e. The van der Waals surface area contributed by atoms with E-state index in [4.69, 9.17) is 4.74 Å².